The zero-order valence-electron chi connectivity index (χ0n) is 13.8. The third-order valence-corrected chi connectivity index (χ3v) is 5.47. The molecule has 1 fully saturated rings. The van der Waals surface area contributed by atoms with E-state index in [1.54, 1.807) is 0 Å². The first-order valence-electron chi connectivity index (χ1n) is 8.26. The van der Waals surface area contributed by atoms with Crippen LogP contribution in [0.3, 0.4) is 0 Å². The molecule has 3 rings (SSSR count). The maximum atomic E-state index is 12.6. The lowest BCUT2D eigenvalue weighted by Crippen LogP contribution is -2.34. The first kappa shape index (κ1) is 16.6. The van der Waals surface area contributed by atoms with E-state index in [-0.39, 0.29) is 5.92 Å². The van der Waals surface area contributed by atoms with Crippen molar-refractivity contribution < 1.29 is 4.79 Å². The van der Waals surface area contributed by atoms with Crippen LogP contribution in [0.25, 0.3) is 10.8 Å². The monoisotopic (exact) mass is 374 g/mol. The van der Waals surface area contributed by atoms with Crippen LogP contribution in [0.4, 0.5) is 0 Å². The second kappa shape index (κ2) is 7.10. The predicted octanol–water partition coefficient (Wildman–Crippen LogP) is 4.23. The molecule has 122 valence electrons. The molecule has 0 unspecified atom stereocenters. The molecule has 4 heteroatoms. The molecule has 3 nitrogen and oxygen atoms in total. The zero-order valence-corrected chi connectivity index (χ0v) is 15.3. The lowest BCUT2D eigenvalue weighted by Gasteiger charge is -2.31. The summed E-state index contributed by atoms with van der Waals surface area (Å²) >= 11 is 3.50. The van der Waals surface area contributed by atoms with Crippen molar-refractivity contribution in [3.8, 4) is 0 Å². The largest absolute Gasteiger partial charge is 0.306 e. The van der Waals surface area contributed by atoms with Crippen molar-refractivity contribution in [2.24, 2.45) is 5.92 Å². The van der Waals surface area contributed by atoms with Gasteiger partial charge in [-0.3, -0.25) is 9.78 Å². The third kappa shape index (κ3) is 3.99. The Morgan fingerprint density at radius 3 is 2.61 bits per heavy atom. The number of benzene rings is 1. The predicted molar refractivity (Wildman–Crippen MR) is 97.6 cm³/mol. The Balaban J connectivity index is 1.66. The topological polar surface area (TPSA) is 33.2 Å². The lowest BCUT2D eigenvalue weighted by atomic mass is 9.82. The van der Waals surface area contributed by atoms with Crippen molar-refractivity contribution >= 4 is 32.5 Å². The number of fused-ring (bicyclic) bond motifs is 1. The van der Waals surface area contributed by atoms with Crippen LogP contribution in [-0.2, 0) is 11.2 Å². The summed E-state index contributed by atoms with van der Waals surface area (Å²) in [5.41, 5.74) is 0.885. The van der Waals surface area contributed by atoms with Gasteiger partial charge in [0.05, 0.1) is 0 Å². The van der Waals surface area contributed by atoms with Crippen LogP contribution in [0.15, 0.2) is 34.9 Å². The second-order valence-corrected chi connectivity index (χ2v) is 7.69. The molecule has 0 saturated heterocycles. The number of carbonyl (C=O) groups excluding carboxylic acids is 1. The van der Waals surface area contributed by atoms with Gasteiger partial charge in [0.2, 0.25) is 0 Å². The molecule has 0 bridgehead atoms. The van der Waals surface area contributed by atoms with Gasteiger partial charge >= 0.3 is 0 Å². The van der Waals surface area contributed by atoms with Crippen molar-refractivity contribution in [1.29, 1.82) is 0 Å². The fourth-order valence-electron chi connectivity index (χ4n) is 3.49. The van der Waals surface area contributed by atoms with Crippen LogP contribution in [0.2, 0.25) is 0 Å². The molecule has 0 aliphatic heterocycles. The first-order chi connectivity index (χ1) is 11.0. The minimum atomic E-state index is 0.214. The molecule has 2 aromatic rings. The van der Waals surface area contributed by atoms with E-state index in [2.05, 4.69) is 46.0 Å². The number of carbonyl (C=O) groups is 1. The molecule has 1 aliphatic rings. The SMILES string of the molecule is CN(C)C1CCC(C(=O)Cc2cc3cc(Br)ccc3cn2)CC1. The summed E-state index contributed by atoms with van der Waals surface area (Å²) in [6.07, 6.45) is 6.61. The molecule has 0 radical (unpaired) electrons. The fraction of sp³-hybridized carbons (Fsp3) is 0.474. The average Bonchev–Trinajstić information content (AvgIpc) is 2.54. The van der Waals surface area contributed by atoms with E-state index in [9.17, 15) is 4.79 Å². The van der Waals surface area contributed by atoms with Gasteiger partial charge in [-0.15, -0.1) is 0 Å². The Hall–Kier alpha value is -1.26. The molecule has 1 saturated carbocycles. The molecule has 23 heavy (non-hydrogen) atoms. The van der Waals surface area contributed by atoms with Gasteiger partial charge in [0, 0.05) is 40.1 Å². The summed E-state index contributed by atoms with van der Waals surface area (Å²) in [5.74, 6) is 0.565. The number of hydrogen-bond donors (Lipinski definition) is 0. The van der Waals surface area contributed by atoms with E-state index >= 15 is 0 Å². The normalized spacial score (nSPS) is 21.7. The highest BCUT2D eigenvalue weighted by atomic mass is 79.9. The number of aromatic nitrogens is 1. The number of ketones is 1. The van der Waals surface area contributed by atoms with E-state index < -0.39 is 0 Å². The molecule has 0 N–H and O–H groups in total. The number of Topliss-reactive ketones (excluding diaryl/α,β-unsaturated/α-hetero) is 1. The highest BCUT2D eigenvalue weighted by molar-refractivity contribution is 9.10. The van der Waals surface area contributed by atoms with Crippen LogP contribution in [0, 0.1) is 5.92 Å². The van der Waals surface area contributed by atoms with E-state index in [4.69, 9.17) is 0 Å². The molecule has 1 aromatic heterocycles. The number of nitrogens with zero attached hydrogens (tertiary/aromatic N) is 2. The number of hydrogen-bond acceptors (Lipinski definition) is 3. The van der Waals surface area contributed by atoms with Gasteiger partial charge in [0.15, 0.2) is 0 Å². The Bertz CT molecular complexity index is 706. The van der Waals surface area contributed by atoms with Gasteiger partial charge in [-0.2, -0.15) is 0 Å². The Morgan fingerprint density at radius 1 is 1.17 bits per heavy atom. The Morgan fingerprint density at radius 2 is 1.91 bits per heavy atom. The van der Waals surface area contributed by atoms with Crippen molar-refractivity contribution in [3.63, 3.8) is 0 Å². The van der Waals surface area contributed by atoms with Gasteiger partial charge in [0.25, 0.3) is 0 Å². The number of rotatable bonds is 4. The molecular weight excluding hydrogens is 352 g/mol. The highest BCUT2D eigenvalue weighted by Gasteiger charge is 2.27. The second-order valence-electron chi connectivity index (χ2n) is 6.78. The number of halogens is 1. The van der Waals surface area contributed by atoms with Crippen LogP contribution >= 0.6 is 15.9 Å². The maximum absolute atomic E-state index is 12.6. The summed E-state index contributed by atoms with van der Waals surface area (Å²) in [4.78, 5) is 19.3. The Labute approximate surface area is 146 Å². The molecule has 1 aromatic carbocycles. The quantitative estimate of drug-likeness (QED) is 0.802. The lowest BCUT2D eigenvalue weighted by molar-refractivity contribution is -0.123. The maximum Gasteiger partial charge on any atom is 0.141 e. The van der Waals surface area contributed by atoms with Gasteiger partial charge in [0.1, 0.15) is 5.78 Å². The van der Waals surface area contributed by atoms with Gasteiger partial charge < -0.3 is 4.90 Å². The summed E-state index contributed by atoms with van der Waals surface area (Å²) < 4.78 is 1.05. The van der Waals surface area contributed by atoms with E-state index in [1.807, 2.05) is 24.4 Å². The van der Waals surface area contributed by atoms with E-state index in [0.717, 1.165) is 46.6 Å². The first-order valence-corrected chi connectivity index (χ1v) is 9.05. The molecule has 1 heterocycles. The molecule has 0 amide bonds. The average molecular weight is 375 g/mol. The number of pyridine rings is 1. The highest BCUT2D eigenvalue weighted by Crippen LogP contribution is 2.28. The minimum Gasteiger partial charge on any atom is -0.306 e. The van der Waals surface area contributed by atoms with Crippen LogP contribution in [0.5, 0.6) is 0 Å². The standard InChI is InChI=1S/C19H23BrN2O/c1-22(2)18-7-4-13(5-8-18)19(23)11-17-10-15-9-16(20)6-3-14(15)12-21-17/h3,6,9-10,12-13,18H,4-5,7-8,11H2,1-2H3. The summed E-state index contributed by atoms with van der Waals surface area (Å²) in [5, 5.41) is 2.24. The smallest absolute Gasteiger partial charge is 0.141 e. The summed E-state index contributed by atoms with van der Waals surface area (Å²) in [7, 11) is 4.26. The van der Waals surface area contributed by atoms with Gasteiger partial charge in [-0.1, -0.05) is 22.0 Å². The van der Waals surface area contributed by atoms with Crippen molar-refractivity contribution in [2.75, 3.05) is 14.1 Å². The van der Waals surface area contributed by atoms with Crippen molar-refractivity contribution in [2.45, 2.75) is 38.1 Å². The van der Waals surface area contributed by atoms with E-state index in [0.29, 0.717) is 18.2 Å². The Kier molecular flexibility index (Phi) is 5.12. The summed E-state index contributed by atoms with van der Waals surface area (Å²) in [6, 6.07) is 8.81. The molecular formula is C19H23BrN2O. The van der Waals surface area contributed by atoms with Crippen LogP contribution < -0.4 is 0 Å². The van der Waals surface area contributed by atoms with Crippen molar-refractivity contribution in [3.05, 3.63) is 40.6 Å². The zero-order chi connectivity index (χ0) is 16.4. The minimum absolute atomic E-state index is 0.214. The van der Waals surface area contributed by atoms with Crippen molar-refractivity contribution in [1.82, 2.24) is 9.88 Å². The molecule has 0 spiro atoms. The van der Waals surface area contributed by atoms with E-state index in [1.165, 1.54) is 0 Å². The van der Waals surface area contributed by atoms with Gasteiger partial charge in [-0.25, -0.2) is 0 Å². The molecule has 0 atom stereocenters. The third-order valence-electron chi connectivity index (χ3n) is 4.98. The molecule has 1 aliphatic carbocycles. The fourth-order valence-corrected chi connectivity index (χ4v) is 3.87. The summed E-state index contributed by atoms with van der Waals surface area (Å²) in [6.45, 7) is 0. The van der Waals surface area contributed by atoms with Crippen LogP contribution in [-0.4, -0.2) is 35.8 Å². The van der Waals surface area contributed by atoms with Crippen LogP contribution in [0.1, 0.15) is 31.4 Å². The van der Waals surface area contributed by atoms with Gasteiger partial charge in [-0.05, 0) is 63.4 Å².